The van der Waals surface area contributed by atoms with Crippen LogP contribution >= 0.6 is 0 Å². The summed E-state index contributed by atoms with van der Waals surface area (Å²) in [4.78, 5) is 15.9. The van der Waals surface area contributed by atoms with Gasteiger partial charge < -0.3 is 19.4 Å². The van der Waals surface area contributed by atoms with E-state index in [2.05, 4.69) is 5.32 Å². The third-order valence-electron chi connectivity index (χ3n) is 3.54. The van der Waals surface area contributed by atoms with Gasteiger partial charge in [0, 0.05) is 26.7 Å². The molecular formula is C15H25N3O3. The van der Waals surface area contributed by atoms with E-state index in [1.165, 1.54) is 0 Å². The fraction of sp³-hybridized carbons (Fsp3) is 0.667. The first-order valence-corrected chi connectivity index (χ1v) is 7.34. The van der Waals surface area contributed by atoms with Crippen molar-refractivity contribution in [2.24, 2.45) is 0 Å². The summed E-state index contributed by atoms with van der Waals surface area (Å²) in [6.07, 6.45) is 0.162. The van der Waals surface area contributed by atoms with E-state index in [0.29, 0.717) is 13.1 Å². The Morgan fingerprint density at radius 2 is 2.24 bits per heavy atom. The maximum absolute atomic E-state index is 12.2. The predicted octanol–water partition coefficient (Wildman–Crippen LogP) is 0.467. The number of hydrogen-bond donors (Lipinski definition) is 1. The number of hydrogen-bond acceptors (Lipinski definition) is 5. The van der Waals surface area contributed by atoms with Gasteiger partial charge in [-0.15, -0.1) is 0 Å². The van der Waals surface area contributed by atoms with Gasteiger partial charge in [-0.3, -0.25) is 9.69 Å². The Bertz CT molecular complexity index is 455. The summed E-state index contributed by atoms with van der Waals surface area (Å²) < 4.78 is 11.1. The minimum Gasteiger partial charge on any atom is -0.464 e. The second kappa shape index (κ2) is 7.59. The van der Waals surface area contributed by atoms with E-state index < -0.39 is 0 Å². The highest BCUT2D eigenvalue weighted by atomic mass is 16.5. The third-order valence-corrected chi connectivity index (χ3v) is 3.54. The number of ether oxygens (including phenoxy) is 1. The smallest absolute Gasteiger partial charge is 0.236 e. The van der Waals surface area contributed by atoms with Gasteiger partial charge in [-0.25, -0.2) is 0 Å². The van der Waals surface area contributed by atoms with Crippen molar-refractivity contribution in [3.63, 3.8) is 0 Å². The second-order valence-corrected chi connectivity index (χ2v) is 5.66. The van der Waals surface area contributed by atoms with E-state index in [9.17, 15) is 4.79 Å². The molecule has 21 heavy (non-hydrogen) atoms. The summed E-state index contributed by atoms with van der Waals surface area (Å²) in [7, 11) is 3.74. The number of rotatable bonds is 6. The Kier molecular flexibility index (Phi) is 5.78. The number of morpholine rings is 1. The van der Waals surface area contributed by atoms with Gasteiger partial charge in [0.15, 0.2) is 0 Å². The SMILES string of the molecule is Cc1ccc(CN(C)C(=O)CN(C)CC2CNCCO2)o1. The molecule has 1 aliphatic rings. The summed E-state index contributed by atoms with van der Waals surface area (Å²) in [6.45, 7) is 6.04. The maximum Gasteiger partial charge on any atom is 0.236 e. The molecule has 118 valence electrons. The lowest BCUT2D eigenvalue weighted by molar-refractivity contribution is -0.132. The molecule has 0 spiro atoms. The van der Waals surface area contributed by atoms with E-state index in [4.69, 9.17) is 9.15 Å². The molecule has 1 fully saturated rings. The number of likely N-dealkylation sites (N-methyl/N-ethyl adjacent to an activating group) is 2. The zero-order valence-corrected chi connectivity index (χ0v) is 13.1. The van der Waals surface area contributed by atoms with Gasteiger partial charge in [-0.2, -0.15) is 0 Å². The second-order valence-electron chi connectivity index (χ2n) is 5.66. The zero-order valence-electron chi connectivity index (χ0n) is 13.1. The largest absolute Gasteiger partial charge is 0.464 e. The number of carbonyl (C=O) groups is 1. The van der Waals surface area contributed by atoms with Crippen LogP contribution in [-0.2, 0) is 16.1 Å². The van der Waals surface area contributed by atoms with E-state index in [1.54, 1.807) is 11.9 Å². The fourth-order valence-corrected chi connectivity index (χ4v) is 2.39. The first-order valence-electron chi connectivity index (χ1n) is 7.34. The Balaban J connectivity index is 1.74. The Hall–Kier alpha value is -1.37. The standard InChI is InChI=1S/C15H25N3O3/c1-12-4-5-13(21-12)10-18(3)15(19)11-17(2)9-14-8-16-6-7-20-14/h4-5,14,16H,6-11H2,1-3H3. The van der Waals surface area contributed by atoms with Crippen LogP contribution in [0.3, 0.4) is 0 Å². The van der Waals surface area contributed by atoms with Crippen LogP contribution in [0.1, 0.15) is 11.5 Å². The number of nitrogens with zero attached hydrogens (tertiary/aromatic N) is 2. The van der Waals surface area contributed by atoms with Crippen LogP contribution in [0.5, 0.6) is 0 Å². The summed E-state index contributed by atoms with van der Waals surface area (Å²) in [5, 5.41) is 3.29. The Morgan fingerprint density at radius 1 is 1.43 bits per heavy atom. The molecule has 6 heteroatoms. The van der Waals surface area contributed by atoms with Crippen molar-refractivity contribution in [2.75, 3.05) is 46.9 Å². The van der Waals surface area contributed by atoms with Gasteiger partial charge in [0.05, 0.1) is 25.8 Å². The van der Waals surface area contributed by atoms with Crippen LogP contribution in [0.4, 0.5) is 0 Å². The molecule has 1 unspecified atom stereocenters. The van der Waals surface area contributed by atoms with Crippen molar-refractivity contribution in [1.29, 1.82) is 0 Å². The highest BCUT2D eigenvalue weighted by Gasteiger charge is 2.18. The fourth-order valence-electron chi connectivity index (χ4n) is 2.39. The summed E-state index contributed by atoms with van der Waals surface area (Å²) >= 11 is 0. The van der Waals surface area contributed by atoms with Gasteiger partial charge in [-0.1, -0.05) is 0 Å². The van der Waals surface area contributed by atoms with Crippen LogP contribution in [0.25, 0.3) is 0 Å². The Morgan fingerprint density at radius 3 is 2.86 bits per heavy atom. The lowest BCUT2D eigenvalue weighted by Crippen LogP contribution is -2.46. The van der Waals surface area contributed by atoms with Crippen molar-refractivity contribution in [1.82, 2.24) is 15.1 Å². The van der Waals surface area contributed by atoms with Crippen molar-refractivity contribution in [3.8, 4) is 0 Å². The minimum absolute atomic E-state index is 0.0790. The van der Waals surface area contributed by atoms with Crippen molar-refractivity contribution in [2.45, 2.75) is 19.6 Å². The van der Waals surface area contributed by atoms with Gasteiger partial charge >= 0.3 is 0 Å². The first kappa shape index (κ1) is 16.0. The average molecular weight is 295 g/mol. The van der Waals surface area contributed by atoms with E-state index in [1.807, 2.05) is 31.0 Å². The molecule has 1 aromatic heterocycles. The molecule has 0 bridgehead atoms. The molecule has 1 N–H and O–H groups in total. The number of furan rings is 1. The zero-order chi connectivity index (χ0) is 15.2. The van der Waals surface area contributed by atoms with E-state index in [-0.39, 0.29) is 12.0 Å². The molecule has 1 atom stereocenters. The molecule has 0 aliphatic carbocycles. The highest BCUT2D eigenvalue weighted by Crippen LogP contribution is 2.09. The number of nitrogens with one attached hydrogen (secondary N) is 1. The third kappa shape index (κ3) is 5.15. The minimum atomic E-state index is 0.0790. The maximum atomic E-state index is 12.2. The molecule has 1 amide bonds. The lowest BCUT2D eigenvalue weighted by atomic mass is 10.3. The van der Waals surface area contributed by atoms with Crippen molar-refractivity contribution >= 4 is 5.91 Å². The van der Waals surface area contributed by atoms with Crippen LogP contribution in [0.15, 0.2) is 16.5 Å². The first-order chi connectivity index (χ1) is 10.0. The molecule has 0 saturated carbocycles. The lowest BCUT2D eigenvalue weighted by Gasteiger charge is -2.28. The molecule has 1 saturated heterocycles. The van der Waals surface area contributed by atoms with Gasteiger partial charge in [0.1, 0.15) is 11.5 Å². The number of aryl methyl sites for hydroxylation is 1. The Labute approximate surface area is 126 Å². The number of carbonyl (C=O) groups excluding carboxylic acids is 1. The molecule has 1 aliphatic heterocycles. The molecule has 6 nitrogen and oxygen atoms in total. The molecule has 1 aromatic rings. The average Bonchev–Trinajstić information content (AvgIpc) is 2.85. The quantitative estimate of drug-likeness (QED) is 0.826. The van der Waals surface area contributed by atoms with E-state index in [0.717, 1.165) is 37.8 Å². The molecule has 0 radical (unpaired) electrons. The molecule has 2 heterocycles. The van der Waals surface area contributed by atoms with Gasteiger partial charge in [0.25, 0.3) is 0 Å². The van der Waals surface area contributed by atoms with Crippen LogP contribution in [-0.4, -0.2) is 68.7 Å². The molecule has 2 rings (SSSR count). The van der Waals surface area contributed by atoms with Crippen molar-refractivity contribution in [3.05, 3.63) is 23.7 Å². The van der Waals surface area contributed by atoms with Crippen LogP contribution in [0, 0.1) is 6.92 Å². The topological polar surface area (TPSA) is 58.0 Å². The monoisotopic (exact) mass is 295 g/mol. The molecule has 0 aromatic carbocycles. The predicted molar refractivity (Wildman–Crippen MR) is 80.0 cm³/mol. The van der Waals surface area contributed by atoms with Crippen LogP contribution < -0.4 is 5.32 Å². The van der Waals surface area contributed by atoms with Gasteiger partial charge in [-0.05, 0) is 26.1 Å². The normalized spacial score (nSPS) is 19.0. The van der Waals surface area contributed by atoms with E-state index >= 15 is 0 Å². The van der Waals surface area contributed by atoms with Gasteiger partial charge in [0.2, 0.25) is 5.91 Å². The summed E-state index contributed by atoms with van der Waals surface area (Å²) in [5.74, 6) is 1.76. The summed E-state index contributed by atoms with van der Waals surface area (Å²) in [6, 6.07) is 3.82. The molecular weight excluding hydrogens is 270 g/mol. The summed E-state index contributed by atoms with van der Waals surface area (Å²) in [5.41, 5.74) is 0. The highest BCUT2D eigenvalue weighted by molar-refractivity contribution is 5.77. The van der Waals surface area contributed by atoms with Crippen molar-refractivity contribution < 1.29 is 13.9 Å². The number of amides is 1. The van der Waals surface area contributed by atoms with Crippen LogP contribution in [0.2, 0.25) is 0 Å².